The molecule has 0 saturated carbocycles. The molecule has 0 spiro atoms. The average Bonchev–Trinajstić information content (AvgIpc) is 2.74. The number of fused-ring (bicyclic) bond motifs is 1. The predicted octanol–water partition coefficient (Wildman–Crippen LogP) is 5.15. The Morgan fingerprint density at radius 1 is 1.03 bits per heavy atom. The smallest absolute Gasteiger partial charge is 0.226 e. The lowest BCUT2D eigenvalue weighted by atomic mass is 9.93. The lowest BCUT2D eigenvalue weighted by Crippen LogP contribution is -2.33. The second kappa shape index (κ2) is 9.36. The minimum atomic E-state index is -0.328. The Balaban J connectivity index is 1.43. The SMILES string of the molecule is CC(=O)N1C=Cc2ccccc2[C@@H]1CC(=O)Nc1ccc(Sc2nc(C)cc(C)n2)cc1. The van der Waals surface area contributed by atoms with Gasteiger partial charge in [-0.25, -0.2) is 9.97 Å². The van der Waals surface area contributed by atoms with Gasteiger partial charge in [-0.1, -0.05) is 24.3 Å². The third kappa shape index (κ3) is 5.06. The second-order valence-electron chi connectivity index (χ2n) is 7.70. The highest BCUT2D eigenvalue weighted by atomic mass is 32.2. The fourth-order valence-corrected chi connectivity index (χ4v) is 4.61. The number of benzene rings is 2. The zero-order chi connectivity index (χ0) is 22.7. The first-order chi connectivity index (χ1) is 15.4. The molecule has 1 aliphatic rings. The molecule has 2 amide bonds. The summed E-state index contributed by atoms with van der Waals surface area (Å²) < 4.78 is 0. The number of rotatable bonds is 5. The van der Waals surface area contributed by atoms with Gasteiger partial charge in [0.2, 0.25) is 11.8 Å². The van der Waals surface area contributed by atoms with E-state index >= 15 is 0 Å². The van der Waals surface area contributed by atoms with Crippen LogP contribution >= 0.6 is 11.8 Å². The average molecular weight is 445 g/mol. The molecule has 2 aromatic carbocycles. The first kappa shape index (κ1) is 21.8. The Morgan fingerprint density at radius 3 is 2.41 bits per heavy atom. The van der Waals surface area contributed by atoms with Gasteiger partial charge in [0.1, 0.15) is 0 Å². The lowest BCUT2D eigenvalue weighted by molar-refractivity contribution is -0.129. The van der Waals surface area contributed by atoms with Crippen LogP contribution in [-0.2, 0) is 9.59 Å². The van der Waals surface area contributed by atoms with Crippen LogP contribution in [0, 0.1) is 13.8 Å². The third-order valence-electron chi connectivity index (χ3n) is 5.16. The maximum absolute atomic E-state index is 12.8. The highest BCUT2D eigenvalue weighted by Gasteiger charge is 2.28. The van der Waals surface area contributed by atoms with Crippen LogP contribution in [0.3, 0.4) is 0 Å². The van der Waals surface area contributed by atoms with Crippen LogP contribution in [0.2, 0.25) is 0 Å². The number of anilines is 1. The van der Waals surface area contributed by atoms with E-state index in [4.69, 9.17) is 0 Å². The number of nitrogens with zero attached hydrogens (tertiary/aromatic N) is 3. The van der Waals surface area contributed by atoms with Gasteiger partial charge in [-0.3, -0.25) is 9.59 Å². The van der Waals surface area contributed by atoms with Crippen molar-refractivity contribution in [3.05, 3.63) is 83.3 Å². The summed E-state index contributed by atoms with van der Waals surface area (Å²) in [4.78, 5) is 36.4. The van der Waals surface area contributed by atoms with Crippen molar-refractivity contribution in [3.8, 4) is 0 Å². The van der Waals surface area contributed by atoms with Crippen LogP contribution in [-0.4, -0.2) is 26.7 Å². The Bertz CT molecular complexity index is 1170. The van der Waals surface area contributed by atoms with Gasteiger partial charge in [0.25, 0.3) is 0 Å². The van der Waals surface area contributed by atoms with Crippen LogP contribution in [0.5, 0.6) is 0 Å². The van der Waals surface area contributed by atoms with Crippen LogP contribution in [0.1, 0.15) is 41.9 Å². The van der Waals surface area contributed by atoms with Crippen LogP contribution in [0.4, 0.5) is 5.69 Å². The molecule has 0 fully saturated rings. The fraction of sp³-hybridized carbons (Fsp3) is 0.200. The van der Waals surface area contributed by atoms with Crippen molar-refractivity contribution in [1.82, 2.24) is 14.9 Å². The molecule has 0 radical (unpaired) electrons. The molecule has 0 saturated heterocycles. The summed E-state index contributed by atoms with van der Waals surface area (Å²) in [6.07, 6.45) is 3.83. The topological polar surface area (TPSA) is 75.2 Å². The Hall–Kier alpha value is -3.45. The summed E-state index contributed by atoms with van der Waals surface area (Å²) in [6.45, 7) is 5.41. The van der Waals surface area contributed by atoms with Crippen LogP contribution in [0.25, 0.3) is 6.08 Å². The van der Waals surface area contributed by atoms with E-state index in [0.717, 1.165) is 27.4 Å². The van der Waals surface area contributed by atoms with Gasteiger partial charge >= 0.3 is 0 Å². The molecule has 0 aliphatic carbocycles. The van der Waals surface area contributed by atoms with Gasteiger partial charge in [0.05, 0.1) is 12.5 Å². The quantitative estimate of drug-likeness (QED) is 0.551. The summed E-state index contributed by atoms with van der Waals surface area (Å²) in [5, 5.41) is 3.65. The number of amides is 2. The van der Waals surface area contributed by atoms with Crippen molar-refractivity contribution < 1.29 is 9.59 Å². The lowest BCUT2D eigenvalue weighted by Gasteiger charge is -2.32. The van der Waals surface area contributed by atoms with Gasteiger partial charge in [0.15, 0.2) is 5.16 Å². The molecule has 1 atom stereocenters. The molecular weight excluding hydrogens is 420 g/mol. The van der Waals surface area contributed by atoms with Crippen molar-refractivity contribution in [2.45, 2.75) is 43.3 Å². The maximum atomic E-state index is 12.8. The molecule has 7 heteroatoms. The van der Waals surface area contributed by atoms with Gasteiger partial charge in [-0.2, -0.15) is 0 Å². The molecule has 1 aliphatic heterocycles. The maximum Gasteiger partial charge on any atom is 0.226 e. The van der Waals surface area contributed by atoms with Gasteiger partial charge in [0, 0.05) is 35.1 Å². The fourth-order valence-electron chi connectivity index (χ4n) is 3.75. The first-order valence-electron chi connectivity index (χ1n) is 10.3. The molecule has 1 N–H and O–H groups in total. The van der Waals surface area contributed by atoms with E-state index in [9.17, 15) is 9.59 Å². The Kier molecular flexibility index (Phi) is 6.37. The van der Waals surface area contributed by atoms with Crippen molar-refractivity contribution >= 4 is 35.3 Å². The Morgan fingerprint density at radius 2 is 1.72 bits per heavy atom. The number of hydrogen-bond donors (Lipinski definition) is 1. The van der Waals surface area contributed by atoms with E-state index in [1.54, 1.807) is 11.1 Å². The Labute approximate surface area is 191 Å². The van der Waals surface area contributed by atoms with Crippen molar-refractivity contribution in [2.24, 2.45) is 0 Å². The molecule has 162 valence electrons. The largest absolute Gasteiger partial charge is 0.326 e. The number of hydrogen-bond acceptors (Lipinski definition) is 5. The van der Waals surface area contributed by atoms with E-state index in [2.05, 4.69) is 15.3 Å². The van der Waals surface area contributed by atoms with Crippen LogP contribution in [0.15, 0.2) is 70.8 Å². The van der Waals surface area contributed by atoms with Gasteiger partial charge in [-0.05, 0) is 73.1 Å². The molecule has 6 nitrogen and oxygen atoms in total. The first-order valence-corrected chi connectivity index (χ1v) is 11.2. The second-order valence-corrected chi connectivity index (χ2v) is 8.74. The van der Waals surface area contributed by atoms with Gasteiger partial charge < -0.3 is 10.2 Å². The zero-order valence-electron chi connectivity index (χ0n) is 18.2. The number of aryl methyl sites for hydroxylation is 2. The zero-order valence-corrected chi connectivity index (χ0v) is 19.0. The molecule has 0 bridgehead atoms. The van der Waals surface area contributed by atoms with Crippen LogP contribution < -0.4 is 5.32 Å². The minimum absolute atomic E-state index is 0.0939. The minimum Gasteiger partial charge on any atom is -0.326 e. The predicted molar refractivity (Wildman–Crippen MR) is 126 cm³/mol. The summed E-state index contributed by atoms with van der Waals surface area (Å²) in [7, 11) is 0. The third-order valence-corrected chi connectivity index (χ3v) is 6.03. The molecule has 3 aromatic rings. The number of aromatic nitrogens is 2. The summed E-state index contributed by atoms with van der Waals surface area (Å²) >= 11 is 1.48. The van der Waals surface area contributed by atoms with Crippen molar-refractivity contribution in [1.29, 1.82) is 0 Å². The standard InChI is InChI=1S/C25H24N4O2S/c1-16-14-17(2)27-25(26-16)32-21-10-8-20(9-11-21)28-24(31)15-23-22-7-5-4-6-19(22)12-13-29(23)18(3)30/h4-14,23H,15H2,1-3H3,(H,28,31)/t23-/m0/s1. The number of carbonyl (C=O) groups excluding carboxylic acids is 2. The molecule has 32 heavy (non-hydrogen) atoms. The molecule has 0 unspecified atom stereocenters. The molecule has 2 heterocycles. The summed E-state index contributed by atoms with van der Waals surface area (Å²) in [5.74, 6) is -0.243. The summed E-state index contributed by atoms with van der Waals surface area (Å²) in [6, 6.07) is 17.0. The highest BCUT2D eigenvalue weighted by Crippen LogP contribution is 2.33. The van der Waals surface area contributed by atoms with E-state index in [1.807, 2.05) is 74.5 Å². The van der Waals surface area contributed by atoms with Crippen molar-refractivity contribution in [2.75, 3.05) is 5.32 Å². The van der Waals surface area contributed by atoms with Gasteiger partial charge in [-0.15, -0.1) is 0 Å². The summed E-state index contributed by atoms with van der Waals surface area (Å²) in [5.41, 5.74) is 4.57. The van der Waals surface area contributed by atoms with E-state index in [-0.39, 0.29) is 24.3 Å². The monoisotopic (exact) mass is 444 g/mol. The highest BCUT2D eigenvalue weighted by molar-refractivity contribution is 7.99. The van der Waals surface area contributed by atoms with E-state index < -0.39 is 0 Å². The molecule has 4 rings (SSSR count). The number of carbonyl (C=O) groups is 2. The van der Waals surface area contributed by atoms with E-state index in [1.165, 1.54) is 18.7 Å². The number of nitrogens with one attached hydrogen (secondary N) is 1. The van der Waals surface area contributed by atoms with E-state index in [0.29, 0.717) is 10.8 Å². The van der Waals surface area contributed by atoms with Crippen molar-refractivity contribution in [3.63, 3.8) is 0 Å². The normalized spacial score (nSPS) is 14.7. The molecule has 1 aromatic heterocycles. The molecular formula is C25H24N4O2S.